The Morgan fingerprint density at radius 2 is 1.81 bits per heavy atom. The third-order valence-electron chi connectivity index (χ3n) is 5.19. The van der Waals surface area contributed by atoms with Gasteiger partial charge >= 0.3 is 6.18 Å². The summed E-state index contributed by atoms with van der Waals surface area (Å²) < 4.78 is 38.7. The van der Waals surface area contributed by atoms with Crippen molar-refractivity contribution in [3.8, 4) is 0 Å². The van der Waals surface area contributed by atoms with Crippen molar-refractivity contribution in [3.05, 3.63) is 68.0 Å². The van der Waals surface area contributed by atoms with Gasteiger partial charge in [0, 0.05) is 14.6 Å². The van der Waals surface area contributed by atoms with Gasteiger partial charge in [-0.2, -0.15) is 18.3 Å². The van der Waals surface area contributed by atoms with E-state index in [2.05, 4.69) is 35.6 Å². The van der Waals surface area contributed by atoms with E-state index < -0.39 is 11.7 Å². The summed E-state index contributed by atoms with van der Waals surface area (Å²) in [6.07, 6.45) is -4.38. The number of aliphatic imine (C=N–C) groups is 1. The van der Waals surface area contributed by atoms with Crippen LogP contribution in [0.5, 0.6) is 0 Å². The molecule has 0 saturated carbocycles. The fourth-order valence-electron chi connectivity index (χ4n) is 3.43. The number of alkyl halides is 3. The monoisotopic (exact) mass is 478 g/mol. The van der Waals surface area contributed by atoms with Crippen LogP contribution in [-0.4, -0.2) is 22.6 Å². The summed E-state index contributed by atoms with van der Waals surface area (Å²) in [6.45, 7) is 8.31. The summed E-state index contributed by atoms with van der Waals surface area (Å²) in [5.41, 5.74) is 5.70. The smallest absolute Gasteiger partial charge is 0.272 e. The first-order valence-corrected chi connectivity index (χ1v) is 11.5. The van der Waals surface area contributed by atoms with Crippen molar-refractivity contribution in [1.29, 1.82) is 0 Å². The molecule has 0 aliphatic carbocycles. The number of rotatable bonds is 4. The lowest BCUT2D eigenvalue weighted by atomic mass is 10.1. The molecule has 1 aliphatic rings. The van der Waals surface area contributed by atoms with Gasteiger partial charge in [-0.05, 0) is 69.2 Å². The van der Waals surface area contributed by atoms with Gasteiger partial charge in [-0.3, -0.25) is 9.83 Å². The Morgan fingerprint density at radius 1 is 1.09 bits per heavy atom. The van der Waals surface area contributed by atoms with Crippen LogP contribution < -0.4 is 5.48 Å². The molecular formula is C22H21F3N4OS2. The maximum atomic E-state index is 12.9. The average molecular weight is 479 g/mol. The Kier molecular flexibility index (Phi) is 6.28. The minimum atomic E-state index is -4.38. The minimum absolute atomic E-state index is 0.159. The normalized spacial score (nSPS) is 16.6. The van der Waals surface area contributed by atoms with Crippen LogP contribution in [0.25, 0.3) is 0 Å². The Hall–Kier alpha value is -2.43. The predicted octanol–water partition coefficient (Wildman–Crippen LogP) is 5.96. The van der Waals surface area contributed by atoms with E-state index in [9.17, 15) is 13.2 Å². The molecule has 1 atom stereocenters. The summed E-state index contributed by atoms with van der Waals surface area (Å²) in [7, 11) is 0. The maximum absolute atomic E-state index is 12.9. The number of hydrogen-bond acceptors (Lipinski definition) is 7. The van der Waals surface area contributed by atoms with Crippen molar-refractivity contribution >= 4 is 28.9 Å². The van der Waals surface area contributed by atoms with E-state index >= 15 is 0 Å². The van der Waals surface area contributed by atoms with Gasteiger partial charge in [-0.15, -0.1) is 16.4 Å². The fraction of sp³-hybridized carbons (Fsp3) is 0.318. The highest BCUT2D eigenvalue weighted by atomic mass is 32.2. The molecule has 1 aromatic carbocycles. The summed E-state index contributed by atoms with van der Waals surface area (Å²) in [4.78, 5) is 13.6. The molecule has 10 heteroatoms. The first-order chi connectivity index (χ1) is 15.1. The van der Waals surface area contributed by atoms with Crippen LogP contribution in [0, 0.1) is 27.7 Å². The molecule has 3 heterocycles. The number of nitrogens with zero attached hydrogens (tertiary/aromatic N) is 3. The van der Waals surface area contributed by atoms with Crippen molar-refractivity contribution in [1.82, 2.24) is 15.7 Å². The van der Waals surface area contributed by atoms with Crippen molar-refractivity contribution < 1.29 is 18.0 Å². The van der Waals surface area contributed by atoms with E-state index in [1.165, 1.54) is 33.6 Å². The van der Waals surface area contributed by atoms with Crippen molar-refractivity contribution in [2.24, 2.45) is 4.99 Å². The lowest BCUT2D eigenvalue weighted by Gasteiger charge is -2.24. The Balaban J connectivity index is 1.71. The Morgan fingerprint density at radius 3 is 2.44 bits per heavy atom. The summed E-state index contributed by atoms with van der Waals surface area (Å²) in [6, 6.07) is 6.96. The second kappa shape index (κ2) is 8.84. The molecule has 0 radical (unpaired) electrons. The van der Waals surface area contributed by atoms with Gasteiger partial charge in [0.05, 0.1) is 16.8 Å². The lowest BCUT2D eigenvalue weighted by molar-refractivity contribution is -0.137. The lowest BCUT2D eigenvalue weighted by Crippen LogP contribution is -2.34. The molecular weight excluding hydrogens is 457 g/mol. The van der Waals surface area contributed by atoms with Crippen LogP contribution in [0.2, 0.25) is 0 Å². The van der Waals surface area contributed by atoms with Gasteiger partial charge in [0.15, 0.2) is 5.84 Å². The minimum Gasteiger partial charge on any atom is -0.272 e. The van der Waals surface area contributed by atoms with E-state index in [1.54, 1.807) is 11.3 Å². The van der Waals surface area contributed by atoms with E-state index in [0.717, 1.165) is 34.5 Å². The number of thiophene rings is 1. The van der Waals surface area contributed by atoms with Crippen molar-refractivity contribution in [2.75, 3.05) is 6.61 Å². The molecule has 0 unspecified atom stereocenters. The van der Waals surface area contributed by atoms with Crippen LogP contribution in [0.15, 0.2) is 45.2 Å². The number of halogens is 3. The summed E-state index contributed by atoms with van der Waals surface area (Å²) in [5.74, 6) is 0.536. The molecule has 0 spiro atoms. The fourth-order valence-corrected chi connectivity index (χ4v) is 5.34. The molecule has 1 N–H and O–H groups in total. The quantitative estimate of drug-likeness (QED) is 0.501. The molecule has 3 aromatic rings. The molecule has 5 nitrogen and oxygen atoms in total. The van der Waals surface area contributed by atoms with Crippen molar-refractivity contribution in [2.45, 2.75) is 49.8 Å². The number of nitrogens with one attached hydrogen (secondary N) is 1. The zero-order chi connectivity index (χ0) is 23.0. The van der Waals surface area contributed by atoms with E-state index in [1.807, 2.05) is 13.8 Å². The molecule has 0 amide bonds. The SMILES string of the molecule is Cc1cc([C@@H]2CONC(c3c(Sc4ccc(C(F)(F)F)cc4)nnc(C)c3C)=N2)c(C)s1. The zero-order valence-corrected chi connectivity index (χ0v) is 19.5. The number of aryl methyl sites for hydroxylation is 3. The van der Waals surface area contributed by atoms with Crippen LogP contribution in [0.4, 0.5) is 13.2 Å². The van der Waals surface area contributed by atoms with E-state index in [0.29, 0.717) is 22.4 Å². The highest BCUT2D eigenvalue weighted by molar-refractivity contribution is 7.99. The third kappa shape index (κ3) is 4.67. The van der Waals surface area contributed by atoms with Gasteiger partial charge in [-0.1, -0.05) is 11.8 Å². The van der Waals surface area contributed by atoms with Crippen LogP contribution in [0.1, 0.15) is 43.7 Å². The average Bonchev–Trinajstić information content (AvgIpc) is 3.09. The largest absolute Gasteiger partial charge is 0.416 e. The standard InChI is InChI=1S/C22H21F3N4OS2/c1-11-9-17(14(4)31-11)18-10-30-29-20(26-18)19-12(2)13(3)27-28-21(19)32-16-7-5-15(6-8-16)22(23,24)25/h5-9,18H,10H2,1-4H3,(H,26,29)/t18-/m0/s1. The van der Waals surface area contributed by atoms with Gasteiger partial charge in [0.25, 0.3) is 0 Å². The predicted molar refractivity (Wildman–Crippen MR) is 119 cm³/mol. The number of benzene rings is 1. The Bertz CT molecular complexity index is 1170. The number of hydrogen-bond donors (Lipinski definition) is 1. The summed E-state index contributed by atoms with van der Waals surface area (Å²) in [5, 5.41) is 9.07. The van der Waals surface area contributed by atoms with Crippen LogP contribution >= 0.6 is 23.1 Å². The van der Waals surface area contributed by atoms with Gasteiger partial charge < -0.3 is 0 Å². The topological polar surface area (TPSA) is 59.4 Å². The molecule has 4 rings (SSSR count). The molecule has 0 fully saturated rings. The van der Waals surface area contributed by atoms with Crippen molar-refractivity contribution in [3.63, 3.8) is 0 Å². The molecule has 2 aromatic heterocycles. The first kappa shape index (κ1) is 22.8. The van der Waals surface area contributed by atoms with Gasteiger partial charge in [-0.25, -0.2) is 5.48 Å². The number of amidine groups is 1. The highest BCUT2D eigenvalue weighted by Gasteiger charge is 2.30. The molecule has 0 saturated heterocycles. The zero-order valence-electron chi connectivity index (χ0n) is 17.9. The molecule has 32 heavy (non-hydrogen) atoms. The maximum Gasteiger partial charge on any atom is 0.416 e. The third-order valence-corrected chi connectivity index (χ3v) is 7.16. The van der Waals surface area contributed by atoms with Crippen LogP contribution in [0.3, 0.4) is 0 Å². The van der Waals surface area contributed by atoms with E-state index in [-0.39, 0.29) is 6.04 Å². The molecule has 168 valence electrons. The van der Waals surface area contributed by atoms with Gasteiger partial charge in [0.2, 0.25) is 0 Å². The highest BCUT2D eigenvalue weighted by Crippen LogP contribution is 2.36. The van der Waals surface area contributed by atoms with Crippen LogP contribution in [-0.2, 0) is 11.0 Å². The number of hydroxylamine groups is 1. The Labute approximate surface area is 192 Å². The molecule has 1 aliphatic heterocycles. The number of aromatic nitrogens is 2. The molecule has 0 bridgehead atoms. The summed E-state index contributed by atoms with van der Waals surface area (Å²) >= 11 is 2.96. The first-order valence-electron chi connectivity index (χ1n) is 9.85. The second-order valence-corrected chi connectivity index (χ2v) is 10.0. The van der Waals surface area contributed by atoms with Gasteiger partial charge in [0.1, 0.15) is 17.7 Å². The second-order valence-electron chi connectivity index (χ2n) is 7.49. The van der Waals surface area contributed by atoms with E-state index in [4.69, 9.17) is 9.83 Å².